The Morgan fingerprint density at radius 1 is 1.06 bits per heavy atom. The van der Waals surface area contributed by atoms with Gasteiger partial charge in [0, 0.05) is 55.4 Å². The van der Waals surface area contributed by atoms with E-state index in [1.165, 1.54) is 5.56 Å². The number of morpholine rings is 1. The van der Waals surface area contributed by atoms with Gasteiger partial charge in [0.05, 0.1) is 34.5 Å². The number of halogens is 2. The molecule has 1 aliphatic rings. The highest BCUT2D eigenvalue weighted by Crippen LogP contribution is 2.33. The summed E-state index contributed by atoms with van der Waals surface area (Å²) >= 11 is 12.6. The third-order valence-corrected chi connectivity index (χ3v) is 6.54. The highest BCUT2D eigenvalue weighted by molar-refractivity contribution is 6.35. The molecular weight excluding hydrogens is 485 g/mol. The molecular formula is C26H25Cl2N5O2. The maximum atomic E-state index is 6.29. The average molecular weight is 510 g/mol. The van der Waals surface area contributed by atoms with Crippen molar-refractivity contribution in [3.63, 3.8) is 0 Å². The van der Waals surface area contributed by atoms with Crippen molar-refractivity contribution in [2.24, 2.45) is 0 Å². The van der Waals surface area contributed by atoms with Gasteiger partial charge in [-0.1, -0.05) is 29.3 Å². The van der Waals surface area contributed by atoms with Crippen LogP contribution in [0.3, 0.4) is 0 Å². The van der Waals surface area contributed by atoms with Crippen LogP contribution in [-0.2, 0) is 11.3 Å². The largest absolute Gasteiger partial charge is 0.486 e. The van der Waals surface area contributed by atoms with E-state index in [1.807, 2.05) is 49.7 Å². The van der Waals surface area contributed by atoms with Gasteiger partial charge in [0.25, 0.3) is 0 Å². The number of aromatic amines is 1. The van der Waals surface area contributed by atoms with Gasteiger partial charge in [0.1, 0.15) is 11.9 Å². The lowest BCUT2D eigenvalue weighted by atomic mass is 10.1. The Balaban J connectivity index is 1.33. The first kappa shape index (κ1) is 23.8. The third kappa shape index (κ3) is 5.65. The second-order valence-corrected chi connectivity index (χ2v) is 9.26. The van der Waals surface area contributed by atoms with E-state index in [1.54, 1.807) is 12.4 Å². The van der Waals surface area contributed by atoms with E-state index in [2.05, 4.69) is 31.1 Å². The number of H-pyrrole nitrogens is 1. The Kier molecular flexibility index (Phi) is 7.29. The molecule has 1 aromatic carbocycles. The van der Waals surface area contributed by atoms with Crippen molar-refractivity contribution in [3.8, 4) is 5.75 Å². The van der Waals surface area contributed by atoms with Gasteiger partial charge < -0.3 is 9.47 Å². The summed E-state index contributed by atoms with van der Waals surface area (Å²) in [6.45, 7) is 6.24. The molecule has 1 atom stereocenters. The van der Waals surface area contributed by atoms with Crippen molar-refractivity contribution in [2.75, 3.05) is 26.3 Å². The zero-order chi connectivity index (χ0) is 24.2. The Hall–Kier alpha value is -2.97. The van der Waals surface area contributed by atoms with Crippen LogP contribution in [0.4, 0.5) is 0 Å². The van der Waals surface area contributed by atoms with E-state index in [0.29, 0.717) is 21.4 Å². The first-order valence-corrected chi connectivity index (χ1v) is 12.2. The molecule has 3 aromatic heterocycles. The van der Waals surface area contributed by atoms with Crippen LogP contribution in [0, 0.1) is 0 Å². The van der Waals surface area contributed by atoms with Gasteiger partial charge in [-0.15, -0.1) is 0 Å². The van der Waals surface area contributed by atoms with E-state index >= 15 is 0 Å². The summed E-state index contributed by atoms with van der Waals surface area (Å²) in [5.41, 5.74) is 4.65. The Bertz CT molecular complexity index is 1330. The number of aromatic nitrogens is 4. The molecule has 4 heterocycles. The van der Waals surface area contributed by atoms with Crippen molar-refractivity contribution in [2.45, 2.75) is 19.6 Å². The lowest BCUT2D eigenvalue weighted by molar-refractivity contribution is 0.0341. The maximum Gasteiger partial charge on any atom is 0.124 e. The molecule has 0 aliphatic carbocycles. The van der Waals surface area contributed by atoms with Crippen molar-refractivity contribution >= 4 is 46.3 Å². The minimum Gasteiger partial charge on any atom is -0.486 e. The summed E-state index contributed by atoms with van der Waals surface area (Å²) in [5.74, 6) is 0.694. The average Bonchev–Trinajstić information content (AvgIpc) is 3.26. The number of hydrogen-bond acceptors (Lipinski definition) is 6. The number of nitrogens with one attached hydrogen (secondary N) is 1. The lowest BCUT2D eigenvalue weighted by Crippen LogP contribution is -2.35. The molecule has 7 nitrogen and oxygen atoms in total. The molecule has 1 fully saturated rings. The Morgan fingerprint density at radius 2 is 1.83 bits per heavy atom. The zero-order valence-electron chi connectivity index (χ0n) is 19.2. The Morgan fingerprint density at radius 3 is 2.63 bits per heavy atom. The number of rotatable bonds is 7. The van der Waals surface area contributed by atoms with Gasteiger partial charge >= 0.3 is 0 Å². The van der Waals surface area contributed by atoms with Crippen LogP contribution in [0.25, 0.3) is 23.1 Å². The van der Waals surface area contributed by atoms with E-state index in [4.69, 9.17) is 32.7 Å². The van der Waals surface area contributed by atoms with Crippen LogP contribution in [0.1, 0.15) is 35.4 Å². The second-order valence-electron chi connectivity index (χ2n) is 8.44. The number of fused-ring (bicyclic) bond motifs is 1. The first-order valence-electron chi connectivity index (χ1n) is 11.4. The van der Waals surface area contributed by atoms with Crippen LogP contribution in [-0.4, -0.2) is 51.4 Å². The molecule has 0 spiro atoms. The van der Waals surface area contributed by atoms with Crippen LogP contribution in [0.2, 0.25) is 10.0 Å². The predicted octanol–water partition coefficient (Wildman–Crippen LogP) is 5.80. The highest BCUT2D eigenvalue weighted by atomic mass is 35.5. The standard InChI is InChI=1S/C26H25Cl2N5O2/c1-17(26-22(27)14-30-15-23(26)28)35-20-3-5-25-21(11-20)24(31-32-25)4-2-18-10-19(13-29-12-18)16-33-6-8-34-9-7-33/h2-5,10-15,17H,6-9,16H2,1H3,(H,31,32)/b4-2+. The quantitative estimate of drug-likeness (QED) is 0.339. The fourth-order valence-electron chi connectivity index (χ4n) is 4.16. The van der Waals surface area contributed by atoms with Crippen LogP contribution < -0.4 is 4.74 Å². The molecule has 5 rings (SSSR count). The second kappa shape index (κ2) is 10.7. The van der Waals surface area contributed by atoms with Gasteiger partial charge in [-0.25, -0.2) is 0 Å². The Labute approximate surface area is 213 Å². The normalized spacial score (nSPS) is 15.6. The van der Waals surface area contributed by atoms with E-state index in [-0.39, 0.29) is 6.10 Å². The molecule has 9 heteroatoms. The number of nitrogens with zero attached hydrogens (tertiary/aromatic N) is 4. The van der Waals surface area contributed by atoms with Crippen molar-refractivity contribution in [1.29, 1.82) is 0 Å². The van der Waals surface area contributed by atoms with Crippen molar-refractivity contribution in [3.05, 3.63) is 81.5 Å². The topological polar surface area (TPSA) is 76.2 Å². The molecule has 1 saturated heterocycles. The fourth-order valence-corrected chi connectivity index (χ4v) is 4.84. The lowest BCUT2D eigenvalue weighted by Gasteiger charge is -2.26. The van der Waals surface area contributed by atoms with Crippen LogP contribution in [0.15, 0.2) is 49.1 Å². The molecule has 0 radical (unpaired) electrons. The molecule has 1 unspecified atom stereocenters. The first-order chi connectivity index (χ1) is 17.1. The summed E-state index contributed by atoms with van der Waals surface area (Å²) in [4.78, 5) is 10.8. The number of ether oxygens (including phenoxy) is 2. The monoisotopic (exact) mass is 509 g/mol. The fraction of sp³-hybridized carbons (Fsp3) is 0.269. The molecule has 4 aromatic rings. The van der Waals surface area contributed by atoms with Gasteiger partial charge in [0.15, 0.2) is 0 Å². The van der Waals surface area contributed by atoms with Gasteiger partial charge in [-0.2, -0.15) is 5.10 Å². The zero-order valence-corrected chi connectivity index (χ0v) is 20.8. The van der Waals surface area contributed by atoms with E-state index in [9.17, 15) is 0 Å². The SMILES string of the molecule is CC(Oc1ccc2[nH]nc(/C=C/c3cncc(CN4CCOCC4)c3)c2c1)c1c(Cl)cncc1Cl. The smallest absolute Gasteiger partial charge is 0.124 e. The molecule has 1 aliphatic heterocycles. The molecule has 0 amide bonds. The van der Waals surface area contributed by atoms with Gasteiger partial charge in [0.2, 0.25) is 0 Å². The van der Waals surface area contributed by atoms with Crippen LogP contribution >= 0.6 is 23.2 Å². The maximum absolute atomic E-state index is 6.29. The third-order valence-electron chi connectivity index (χ3n) is 5.93. The number of hydrogen-bond donors (Lipinski definition) is 1. The number of pyridine rings is 2. The molecule has 0 bridgehead atoms. The van der Waals surface area contributed by atoms with Gasteiger partial charge in [-0.05, 0) is 48.4 Å². The molecule has 1 N–H and O–H groups in total. The number of benzene rings is 1. The van der Waals surface area contributed by atoms with Crippen LogP contribution in [0.5, 0.6) is 5.75 Å². The molecule has 0 saturated carbocycles. The summed E-state index contributed by atoms with van der Waals surface area (Å²) < 4.78 is 11.6. The van der Waals surface area contributed by atoms with Gasteiger partial charge in [-0.3, -0.25) is 20.0 Å². The summed E-state index contributed by atoms with van der Waals surface area (Å²) in [7, 11) is 0. The van der Waals surface area contributed by atoms with E-state index < -0.39 is 0 Å². The van der Waals surface area contributed by atoms with Crippen molar-refractivity contribution in [1.82, 2.24) is 25.1 Å². The summed E-state index contributed by atoms with van der Waals surface area (Å²) in [6, 6.07) is 7.96. The molecule has 35 heavy (non-hydrogen) atoms. The molecule has 180 valence electrons. The highest BCUT2D eigenvalue weighted by Gasteiger charge is 2.17. The predicted molar refractivity (Wildman–Crippen MR) is 139 cm³/mol. The van der Waals surface area contributed by atoms with E-state index in [0.717, 1.165) is 55.0 Å². The summed E-state index contributed by atoms with van der Waals surface area (Å²) in [6.07, 6.45) is 10.6. The van der Waals surface area contributed by atoms with Crippen molar-refractivity contribution < 1.29 is 9.47 Å². The minimum atomic E-state index is -0.346. The summed E-state index contributed by atoms with van der Waals surface area (Å²) in [5, 5.41) is 9.45. The minimum absolute atomic E-state index is 0.346.